The second-order valence-corrected chi connectivity index (χ2v) is 8.99. The van der Waals surface area contributed by atoms with Gasteiger partial charge in [-0.05, 0) is 42.0 Å². The van der Waals surface area contributed by atoms with Gasteiger partial charge >= 0.3 is 6.03 Å². The first-order valence-electron chi connectivity index (χ1n) is 10.5. The Labute approximate surface area is 213 Å². The molecule has 0 fully saturated rings. The van der Waals surface area contributed by atoms with Crippen LogP contribution in [-0.4, -0.2) is 36.4 Å². The van der Waals surface area contributed by atoms with Crippen LogP contribution in [0.15, 0.2) is 71.9 Å². The zero-order valence-corrected chi connectivity index (χ0v) is 20.6. The van der Waals surface area contributed by atoms with Gasteiger partial charge in [-0.25, -0.2) is 4.79 Å². The fourth-order valence-corrected chi connectivity index (χ4v) is 4.15. The highest BCUT2D eigenvalue weighted by Crippen LogP contribution is 2.27. The van der Waals surface area contributed by atoms with Crippen molar-refractivity contribution in [3.63, 3.8) is 0 Å². The average Bonchev–Trinajstić information content (AvgIpc) is 3.29. The predicted octanol–water partition coefficient (Wildman–Crippen LogP) is 6.88. The number of para-hydroxylation sites is 2. The summed E-state index contributed by atoms with van der Waals surface area (Å²) in [7, 11) is 1.56. The Morgan fingerprint density at radius 2 is 1.91 bits per heavy atom. The maximum atomic E-state index is 13.3. The van der Waals surface area contributed by atoms with Crippen molar-refractivity contribution in [3.8, 4) is 5.75 Å². The van der Waals surface area contributed by atoms with Gasteiger partial charge in [0.15, 0.2) is 6.10 Å². The molecule has 1 atom stereocenters. The molecule has 0 aromatic heterocycles. The molecule has 176 valence electrons. The SMILES string of the molecule is COc1ccccc1NC(=O)N(Cc1cccc(Cl)c1)C[C@H]1CC(c2ccc(Cl)c(Cl)c2)=NO1. The Bertz CT molecular complexity index is 1220. The Morgan fingerprint density at radius 1 is 1.09 bits per heavy atom. The van der Waals surface area contributed by atoms with Crippen molar-refractivity contribution < 1.29 is 14.4 Å². The molecule has 9 heteroatoms. The summed E-state index contributed by atoms with van der Waals surface area (Å²) in [6.07, 6.45) is 0.193. The maximum Gasteiger partial charge on any atom is 0.322 e. The normalized spacial score (nSPS) is 14.8. The van der Waals surface area contributed by atoms with Gasteiger partial charge in [0, 0.05) is 23.6 Å². The van der Waals surface area contributed by atoms with Crippen molar-refractivity contribution in [1.82, 2.24) is 4.90 Å². The summed E-state index contributed by atoms with van der Waals surface area (Å²) in [4.78, 5) is 20.6. The van der Waals surface area contributed by atoms with Gasteiger partial charge in [0.25, 0.3) is 0 Å². The van der Waals surface area contributed by atoms with Crippen LogP contribution in [0.25, 0.3) is 0 Å². The van der Waals surface area contributed by atoms with E-state index in [4.69, 9.17) is 44.4 Å². The third-order valence-electron chi connectivity index (χ3n) is 5.31. The molecule has 1 aliphatic rings. The van der Waals surface area contributed by atoms with Crippen LogP contribution in [0.5, 0.6) is 5.75 Å². The van der Waals surface area contributed by atoms with Gasteiger partial charge in [0.1, 0.15) is 5.75 Å². The van der Waals surface area contributed by atoms with Crippen LogP contribution in [0.3, 0.4) is 0 Å². The molecule has 1 heterocycles. The number of benzene rings is 3. The molecule has 34 heavy (non-hydrogen) atoms. The van der Waals surface area contributed by atoms with E-state index >= 15 is 0 Å². The van der Waals surface area contributed by atoms with Crippen molar-refractivity contribution in [2.75, 3.05) is 19.0 Å². The van der Waals surface area contributed by atoms with E-state index < -0.39 is 0 Å². The molecule has 0 saturated carbocycles. The summed E-state index contributed by atoms with van der Waals surface area (Å²) in [5.41, 5.74) is 3.05. The summed E-state index contributed by atoms with van der Waals surface area (Å²) < 4.78 is 5.36. The van der Waals surface area contributed by atoms with Crippen molar-refractivity contribution >= 4 is 52.2 Å². The van der Waals surface area contributed by atoms with E-state index in [9.17, 15) is 4.79 Å². The minimum absolute atomic E-state index is 0.295. The molecule has 3 aromatic rings. The largest absolute Gasteiger partial charge is 0.495 e. The number of carbonyl (C=O) groups excluding carboxylic acids is 1. The lowest BCUT2D eigenvalue weighted by Gasteiger charge is -2.25. The molecule has 0 radical (unpaired) electrons. The lowest BCUT2D eigenvalue weighted by atomic mass is 10.0. The molecule has 0 aliphatic carbocycles. The van der Waals surface area contributed by atoms with Crippen LogP contribution >= 0.6 is 34.8 Å². The molecular formula is C25H22Cl3N3O3. The van der Waals surface area contributed by atoms with Gasteiger partial charge < -0.3 is 19.8 Å². The summed E-state index contributed by atoms with van der Waals surface area (Å²) >= 11 is 18.3. The van der Waals surface area contributed by atoms with Crippen molar-refractivity contribution in [1.29, 1.82) is 0 Å². The first-order valence-corrected chi connectivity index (χ1v) is 11.7. The number of carbonyl (C=O) groups is 1. The first kappa shape index (κ1) is 24.2. The fourth-order valence-electron chi connectivity index (χ4n) is 3.64. The van der Waals surface area contributed by atoms with E-state index in [1.807, 2.05) is 36.4 Å². The number of rotatable bonds is 7. The molecule has 3 aromatic carbocycles. The van der Waals surface area contributed by atoms with Gasteiger partial charge in [-0.2, -0.15) is 0 Å². The molecule has 0 unspecified atom stereocenters. The highest BCUT2D eigenvalue weighted by atomic mass is 35.5. The van der Waals surface area contributed by atoms with Crippen LogP contribution in [-0.2, 0) is 11.4 Å². The van der Waals surface area contributed by atoms with Crippen molar-refractivity contribution in [2.24, 2.45) is 5.16 Å². The number of hydrogen-bond acceptors (Lipinski definition) is 4. The Hall–Kier alpha value is -2.93. The molecule has 6 nitrogen and oxygen atoms in total. The molecule has 0 saturated heterocycles. The quantitative estimate of drug-likeness (QED) is 0.371. The topological polar surface area (TPSA) is 63.2 Å². The summed E-state index contributed by atoms with van der Waals surface area (Å²) in [6.45, 7) is 0.644. The van der Waals surface area contributed by atoms with Crippen LogP contribution in [0.1, 0.15) is 17.5 Å². The zero-order valence-electron chi connectivity index (χ0n) is 18.3. The molecule has 0 spiro atoms. The minimum Gasteiger partial charge on any atom is -0.495 e. The number of urea groups is 1. The fraction of sp³-hybridized carbons (Fsp3) is 0.200. The molecule has 4 rings (SSSR count). The third-order valence-corrected chi connectivity index (χ3v) is 6.28. The number of methoxy groups -OCH3 is 1. The van der Waals surface area contributed by atoms with Crippen LogP contribution in [0.4, 0.5) is 10.5 Å². The lowest BCUT2D eigenvalue weighted by Crippen LogP contribution is -2.40. The number of ether oxygens (including phenoxy) is 1. The number of anilines is 1. The standard InChI is InChI=1S/C25H22Cl3N3O3/c1-33-24-8-3-2-7-22(24)29-25(32)31(14-16-5-4-6-18(26)11-16)15-19-13-23(30-34-19)17-9-10-20(27)21(28)12-17/h2-12,19H,13-15H2,1H3,(H,29,32)/t19-/m1/s1. The minimum atomic E-state index is -0.327. The smallest absolute Gasteiger partial charge is 0.322 e. The highest BCUT2D eigenvalue weighted by molar-refractivity contribution is 6.42. The number of oxime groups is 1. The second kappa shape index (κ2) is 11.0. The van der Waals surface area contributed by atoms with Crippen molar-refractivity contribution in [3.05, 3.63) is 92.9 Å². The molecule has 1 aliphatic heterocycles. The van der Waals surface area contributed by atoms with Gasteiger partial charge in [0.2, 0.25) is 0 Å². The van der Waals surface area contributed by atoms with E-state index in [2.05, 4.69) is 10.5 Å². The number of halogens is 3. The number of amides is 2. The van der Waals surface area contributed by atoms with E-state index in [1.165, 1.54) is 0 Å². The highest BCUT2D eigenvalue weighted by Gasteiger charge is 2.27. The number of hydrogen-bond donors (Lipinski definition) is 1. The third kappa shape index (κ3) is 5.95. The Kier molecular flexibility index (Phi) is 7.83. The first-order chi connectivity index (χ1) is 16.4. The summed E-state index contributed by atoms with van der Waals surface area (Å²) in [6, 6.07) is 19.7. The predicted molar refractivity (Wildman–Crippen MR) is 136 cm³/mol. The van der Waals surface area contributed by atoms with E-state index in [1.54, 1.807) is 42.3 Å². The van der Waals surface area contributed by atoms with Gasteiger partial charge in [-0.1, -0.05) is 70.3 Å². The lowest BCUT2D eigenvalue weighted by molar-refractivity contribution is 0.0608. The average molecular weight is 519 g/mol. The van der Waals surface area contributed by atoms with E-state index in [0.29, 0.717) is 46.0 Å². The second-order valence-electron chi connectivity index (χ2n) is 7.74. The zero-order chi connectivity index (χ0) is 24.1. The number of nitrogens with zero attached hydrogens (tertiary/aromatic N) is 2. The monoisotopic (exact) mass is 517 g/mol. The van der Waals surface area contributed by atoms with Gasteiger partial charge in [-0.15, -0.1) is 0 Å². The molecule has 0 bridgehead atoms. The van der Waals surface area contributed by atoms with Crippen LogP contribution in [0, 0.1) is 0 Å². The molecular weight excluding hydrogens is 497 g/mol. The Morgan fingerprint density at radius 3 is 2.68 bits per heavy atom. The van der Waals surface area contributed by atoms with Gasteiger partial charge in [0.05, 0.1) is 35.1 Å². The van der Waals surface area contributed by atoms with Gasteiger partial charge in [-0.3, -0.25) is 0 Å². The summed E-state index contributed by atoms with van der Waals surface area (Å²) in [5, 5.41) is 8.67. The number of nitrogens with one attached hydrogen (secondary N) is 1. The molecule has 2 amide bonds. The van der Waals surface area contributed by atoms with Crippen LogP contribution < -0.4 is 10.1 Å². The molecule has 1 N–H and O–H groups in total. The van der Waals surface area contributed by atoms with E-state index in [-0.39, 0.29) is 12.1 Å². The Balaban J connectivity index is 1.50. The summed E-state index contributed by atoms with van der Waals surface area (Å²) in [5.74, 6) is 0.570. The maximum absolute atomic E-state index is 13.3. The van der Waals surface area contributed by atoms with E-state index in [0.717, 1.165) is 16.8 Å². The van der Waals surface area contributed by atoms with Crippen molar-refractivity contribution in [2.45, 2.75) is 19.1 Å². The van der Waals surface area contributed by atoms with Crippen LogP contribution in [0.2, 0.25) is 15.1 Å².